The highest BCUT2D eigenvalue weighted by Crippen LogP contribution is 2.41. The third-order valence-corrected chi connectivity index (χ3v) is 7.12. The minimum Gasteiger partial charge on any atom is -0.481 e. The molecule has 5 rings (SSSR count). The molecule has 0 bridgehead atoms. The van der Waals surface area contributed by atoms with Crippen LogP contribution in [0.2, 0.25) is 0 Å². The lowest BCUT2D eigenvalue weighted by molar-refractivity contribution is -0.136. The van der Waals surface area contributed by atoms with Crippen LogP contribution in [0, 0.1) is 11.7 Å². The van der Waals surface area contributed by atoms with Crippen molar-refractivity contribution in [2.45, 2.75) is 43.6 Å². The van der Waals surface area contributed by atoms with Gasteiger partial charge in [0.25, 0.3) is 0 Å². The SMILES string of the molecule is CN(C)C(=O)C1CC(c2ncc(C3CC[C@@H](Oc4ccc(C(=O)c5ccc(F)cc5)nc4)C3=O)cn2)C1. The maximum atomic E-state index is 13.1. The summed E-state index contributed by atoms with van der Waals surface area (Å²) >= 11 is 0. The Bertz CT molecular complexity index is 1300. The lowest BCUT2D eigenvalue weighted by Crippen LogP contribution is -2.37. The Hall–Kier alpha value is -4.01. The zero-order valence-electron chi connectivity index (χ0n) is 20.6. The van der Waals surface area contributed by atoms with Crippen molar-refractivity contribution in [3.8, 4) is 5.75 Å². The van der Waals surface area contributed by atoms with Crippen LogP contribution in [0.25, 0.3) is 0 Å². The van der Waals surface area contributed by atoms with Crippen molar-refractivity contribution in [1.29, 1.82) is 0 Å². The maximum Gasteiger partial charge on any atom is 0.225 e. The van der Waals surface area contributed by atoms with Crippen molar-refractivity contribution in [3.63, 3.8) is 0 Å². The average molecular weight is 503 g/mol. The Morgan fingerprint density at radius 3 is 2.27 bits per heavy atom. The highest BCUT2D eigenvalue weighted by Gasteiger charge is 2.39. The molecule has 2 fully saturated rings. The molecule has 0 saturated heterocycles. The smallest absolute Gasteiger partial charge is 0.225 e. The van der Waals surface area contributed by atoms with E-state index < -0.39 is 11.9 Å². The number of amides is 1. The summed E-state index contributed by atoms with van der Waals surface area (Å²) in [4.78, 5) is 52.4. The number of carbonyl (C=O) groups is 3. The summed E-state index contributed by atoms with van der Waals surface area (Å²) in [5.74, 6) is 0.331. The van der Waals surface area contributed by atoms with Gasteiger partial charge in [0.15, 0.2) is 11.9 Å². The molecule has 2 heterocycles. The molecule has 190 valence electrons. The molecule has 2 saturated carbocycles. The molecule has 0 aliphatic heterocycles. The standard InChI is InChI=1S/C28H27FN4O4/c1-33(2)28(36)18-11-17(12-18)27-31-13-19(14-32-27)22-8-10-24(26(22)35)37-21-7-9-23(30-15-21)25(34)16-3-5-20(29)6-4-16/h3-7,9,13-15,17-18,22,24H,8,10-12H2,1-2H3/t17?,18?,22?,24-/m1/s1. The highest BCUT2D eigenvalue weighted by atomic mass is 19.1. The minimum absolute atomic E-state index is 0.0298. The van der Waals surface area contributed by atoms with E-state index in [9.17, 15) is 18.8 Å². The first-order valence-corrected chi connectivity index (χ1v) is 12.3. The largest absolute Gasteiger partial charge is 0.481 e. The van der Waals surface area contributed by atoms with E-state index in [2.05, 4.69) is 15.0 Å². The number of nitrogens with zero attached hydrogens (tertiary/aromatic N) is 4. The Kier molecular flexibility index (Phi) is 6.78. The van der Waals surface area contributed by atoms with E-state index in [1.807, 2.05) is 0 Å². The van der Waals surface area contributed by atoms with Crippen molar-refractivity contribution in [2.75, 3.05) is 14.1 Å². The number of halogens is 1. The van der Waals surface area contributed by atoms with Crippen molar-refractivity contribution >= 4 is 17.5 Å². The van der Waals surface area contributed by atoms with Gasteiger partial charge in [0.2, 0.25) is 11.7 Å². The number of Topliss-reactive ketones (excluding diaryl/α,β-unsaturated/α-hetero) is 1. The Labute approximate surface area is 213 Å². The van der Waals surface area contributed by atoms with E-state index in [0.717, 1.165) is 18.4 Å². The zero-order chi connectivity index (χ0) is 26.1. The first-order chi connectivity index (χ1) is 17.8. The third kappa shape index (κ3) is 5.12. The van der Waals surface area contributed by atoms with Crippen LogP contribution in [0.1, 0.15) is 65.0 Å². The van der Waals surface area contributed by atoms with E-state index in [1.54, 1.807) is 37.5 Å². The molecule has 2 aliphatic rings. The normalized spacial score (nSPS) is 22.8. The molecule has 2 aliphatic carbocycles. The van der Waals surface area contributed by atoms with Crippen molar-refractivity contribution in [3.05, 3.63) is 83.5 Å². The predicted molar refractivity (Wildman–Crippen MR) is 132 cm³/mol. The Balaban J connectivity index is 1.17. The van der Waals surface area contributed by atoms with Gasteiger partial charge in [-0.25, -0.2) is 19.3 Å². The molecular formula is C28H27FN4O4. The highest BCUT2D eigenvalue weighted by molar-refractivity contribution is 6.07. The second-order valence-electron chi connectivity index (χ2n) is 9.83. The lowest BCUT2D eigenvalue weighted by Gasteiger charge is -2.34. The second kappa shape index (κ2) is 10.2. The summed E-state index contributed by atoms with van der Waals surface area (Å²) in [5, 5.41) is 0. The van der Waals surface area contributed by atoms with E-state index in [4.69, 9.17) is 4.74 Å². The fourth-order valence-corrected chi connectivity index (χ4v) is 4.91. The Morgan fingerprint density at radius 1 is 0.946 bits per heavy atom. The number of aromatic nitrogens is 3. The van der Waals surface area contributed by atoms with Crippen LogP contribution >= 0.6 is 0 Å². The number of hydrogen-bond acceptors (Lipinski definition) is 7. The van der Waals surface area contributed by atoms with Gasteiger partial charge < -0.3 is 9.64 Å². The van der Waals surface area contributed by atoms with Gasteiger partial charge in [0.1, 0.15) is 23.1 Å². The van der Waals surface area contributed by atoms with E-state index in [-0.39, 0.29) is 40.9 Å². The molecule has 0 spiro atoms. The van der Waals surface area contributed by atoms with Crippen LogP contribution in [-0.2, 0) is 9.59 Å². The van der Waals surface area contributed by atoms with Crippen LogP contribution in [0.15, 0.2) is 55.0 Å². The maximum absolute atomic E-state index is 13.1. The number of ether oxygens (including phenoxy) is 1. The van der Waals surface area contributed by atoms with Crippen LogP contribution in [0.3, 0.4) is 0 Å². The molecule has 1 aromatic carbocycles. The monoisotopic (exact) mass is 502 g/mol. The Morgan fingerprint density at radius 2 is 1.65 bits per heavy atom. The van der Waals surface area contributed by atoms with Crippen LogP contribution in [-0.4, -0.2) is 57.5 Å². The first kappa shape index (κ1) is 24.7. The number of ketones is 2. The number of benzene rings is 1. The van der Waals surface area contributed by atoms with Crippen molar-refractivity contribution < 1.29 is 23.5 Å². The second-order valence-corrected chi connectivity index (χ2v) is 9.83. The van der Waals surface area contributed by atoms with Crippen molar-refractivity contribution in [2.24, 2.45) is 5.92 Å². The molecule has 3 aromatic rings. The van der Waals surface area contributed by atoms with Crippen LogP contribution in [0.4, 0.5) is 4.39 Å². The zero-order valence-corrected chi connectivity index (χ0v) is 20.6. The van der Waals surface area contributed by atoms with Crippen molar-refractivity contribution in [1.82, 2.24) is 19.9 Å². The fourth-order valence-electron chi connectivity index (χ4n) is 4.91. The molecule has 0 N–H and O–H groups in total. The van der Waals surface area contributed by atoms with Gasteiger partial charge in [-0.05, 0) is 67.6 Å². The number of carbonyl (C=O) groups excluding carboxylic acids is 3. The van der Waals surface area contributed by atoms with Crippen LogP contribution < -0.4 is 4.74 Å². The van der Waals surface area contributed by atoms with Gasteiger partial charge in [0.05, 0.1) is 6.20 Å². The van der Waals surface area contributed by atoms with E-state index >= 15 is 0 Å². The predicted octanol–water partition coefficient (Wildman–Crippen LogP) is 3.72. The fraction of sp³-hybridized carbons (Fsp3) is 0.357. The van der Waals surface area contributed by atoms with Gasteiger partial charge in [-0.1, -0.05) is 0 Å². The van der Waals surface area contributed by atoms with Gasteiger partial charge in [-0.3, -0.25) is 14.4 Å². The first-order valence-electron chi connectivity index (χ1n) is 12.3. The molecule has 1 amide bonds. The van der Waals surface area contributed by atoms with E-state index in [1.165, 1.54) is 36.5 Å². The molecule has 2 atom stereocenters. The number of hydrogen-bond donors (Lipinski definition) is 0. The molecular weight excluding hydrogens is 475 g/mol. The number of pyridine rings is 1. The molecule has 1 unspecified atom stereocenters. The summed E-state index contributed by atoms with van der Waals surface area (Å²) in [6.07, 6.45) is 6.91. The van der Waals surface area contributed by atoms with Gasteiger partial charge in [-0.15, -0.1) is 0 Å². The van der Waals surface area contributed by atoms with Gasteiger partial charge in [0, 0.05) is 49.8 Å². The van der Waals surface area contributed by atoms with Crippen LogP contribution in [0.5, 0.6) is 5.75 Å². The summed E-state index contributed by atoms with van der Waals surface area (Å²) in [7, 11) is 3.53. The molecule has 2 aromatic heterocycles. The molecule has 9 heteroatoms. The lowest BCUT2D eigenvalue weighted by atomic mass is 9.73. The van der Waals surface area contributed by atoms with Gasteiger partial charge in [-0.2, -0.15) is 0 Å². The third-order valence-electron chi connectivity index (χ3n) is 7.12. The summed E-state index contributed by atoms with van der Waals surface area (Å²) in [5.41, 5.74) is 1.30. The number of rotatable bonds is 7. The molecule has 0 radical (unpaired) electrons. The quantitative estimate of drug-likeness (QED) is 0.454. The average Bonchev–Trinajstić information content (AvgIpc) is 3.23. The summed E-state index contributed by atoms with van der Waals surface area (Å²) in [6.45, 7) is 0. The topological polar surface area (TPSA) is 102 Å². The minimum atomic E-state index is -0.616. The van der Waals surface area contributed by atoms with Gasteiger partial charge >= 0.3 is 0 Å². The summed E-state index contributed by atoms with van der Waals surface area (Å²) in [6, 6.07) is 8.40. The molecule has 37 heavy (non-hydrogen) atoms. The van der Waals surface area contributed by atoms with E-state index in [0.29, 0.717) is 30.0 Å². The molecule has 8 nitrogen and oxygen atoms in total. The summed E-state index contributed by atoms with van der Waals surface area (Å²) < 4.78 is 19.0.